The lowest BCUT2D eigenvalue weighted by Gasteiger charge is -2.33. The van der Waals surface area contributed by atoms with Crippen molar-refractivity contribution in [3.63, 3.8) is 0 Å². The van der Waals surface area contributed by atoms with E-state index in [1.54, 1.807) is 6.92 Å². The largest absolute Gasteiger partial charge is 0.486 e. The van der Waals surface area contributed by atoms with Gasteiger partial charge >= 0.3 is 0 Å². The van der Waals surface area contributed by atoms with Crippen LogP contribution in [-0.2, 0) is 9.47 Å². The number of halogens is 4. The van der Waals surface area contributed by atoms with Crippen LogP contribution in [-0.4, -0.2) is 25.5 Å². The van der Waals surface area contributed by atoms with Crippen molar-refractivity contribution < 1.29 is 31.8 Å². The summed E-state index contributed by atoms with van der Waals surface area (Å²) in [5.41, 5.74) is -1.61. The molecule has 1 aliphatic heterocycles. The summed E-state index contributed by atoms with van der Waals surface area (Å²) in [7, 11) is 0. The Morgan fingerprint density at radius 1 is 1.11 bits per heavy atom. The van der Waals surface area contributed by atoms with Crippen LogP contribution in [0.4, 0.5) is 17.6 Å². The van der Waals surface area contributed by atoms with E-state index in [1.165, 1.54) is 30.3 Å². The Morgan fingerprint density at radius 3 is 2.39 bits per heavy atom. The number of alkyl halides is 1. The minimum atomic E-state index is -1.56. The van der Waals surface area contributed by atoms with Crippen LogP contribution in [0, 0.1) is 17.5 Å². The molecule has 0 radical (unpaired) electrons. The smallest absolute Gasteiger partial charge is 0.201 e. The highest BCUT2D eigenvalue weighted by Crippen LogP contribution is 2.35. The summed E-state index contributed by atoms with van der Waals surface area (Å²) in [5.74, 6) is -3.49. The van der Waals surface area contributed by atoms with Crippen LogP contribution in [0.25, 0.3) is 11.1 Å². The first-order chi connectivity index (χ1) is 13.4. The standard InChI is InChI=1S/C21H20F4O3/c1-3-9-26-17-8-7-15(18(23)19(17)24)14-6-5-13(10-16(14)22)20-27-11-21(25,4-2)12-28-20/h3,5-8,10,20H,1,4,9,11-12H2,2H3. The van der Waals surface area contributed by atoms with Gasteiger partial charge in [-0.3, -0.25) is 0 Å². The lowest BCUT2D eigenvalue weighted by atomic mass is 10.0. The fraction of sp³-hybridized carbons (Fsp3) is 0.333. The molecule has 0 spiro atoms. The summed E-state index contributed by atoms with van der Waals surface area (Å²) in [4.78, 5) is 0. The van der Waals surface area contributed by atoms with Crippen molar-refractivity contribution >= 4 is 0 Å². The Kier molecular flexibility index (Phi) is 6.05. The maximum atomic E-state index is 14.6. The molecule has 1 saturated heterocycles. The molecule has 1 fully saturated rings. The third-order valence-electron chi connectivity index (χ3n) is 4.58. The van der Waals surface area contributed by atoms with Crippen LogP contribution in [0.5, 0.6) is 5.75 Å². The molecule has 0 aromatic heterocycles. The highest BCUT2D eigenvalue weighted by molar-refractivity contribution is 5.66. The summed E-state index contributed by atoms with van der Waals surface area (Å²) in [5, 5.41) is 0. The average molecular weight is 396 g/mol. The van der Waals surface area contributed by atoms with E-state index in [2.05, 4.69) is 6.58 Å². The summed E-state index contributed by atoms with van der Waals surface area (Å²) in [6, 6.07) is 6.35. The van der Waals surface area contributed by atoms with Crippen molar-refractivity contribution in [2.45, 2.75) is 25.3 Å². The van der Waals surface area contributed by atoms with Gasteiger partial charge < -0.3 is 14.2 Å². The van der Waals surface area contributed by atoms with Crippen molar-refractivity contribution in [1.82, 2.24) is 0 Å². The van der Waals surface area contributed by atoms with Gasteiger partial charge in [-0.2, -0.15) is 4.39 Å². The maximum absolute atomic E-state index is 14.6. The van der Waals surface area contributed by atoms with E-state index >= 15 is 0 Å². The zero-order valence-electron chi connectivity index (χ0n) is 15.3. The molecule has 0 aliphatic carbocycles. The van der Waals surface area contributed by atoms with Gasteiger partial charge in [-0.1, -0.05) is 31.7 Å². The van der Waals surface area contributed by atoms with E-state index in [1.807, 2.05) is 0 Å². The highest BCUT2D eigenvalue weighted by atomic mass is 19.2. The van der Waals surface area contributed by atoms with Crippen LogP contribution in [0.1, 0.15) is 25.2 Å². The number of hydrogen-bond acceptors (Lipinski definition) is 3. The monoisotopic (exact) mass is 396 g/mol. The minimum Gasteiger partial charge on any atom is -0.486 e. The Bertz CT molecular complexity index is 861. The minimum absolute atomic E-state index is 0.0123. The number of benzene rings is 2. The lowest BCUT2D eigenvalue weighted by Crippen LogP contribution is -2.40. The molecule has 2 aromatic carbocycles. The number of hydrogen-bond donors (Lipinski definition) is 0. The van der Waals surface area contributed by atoms with E-state index in [0.29, 0.717) is 5.56 Å². The molecule has 2 aromatic rings. The van der Waals surface area contributed by atoms with Crippen LogP contribution in [0.2, 0.25) is 0 Å². The molecule has 0 N–H and O–H groups in total. The van der Waals surface area contributed by atoms with E-state index < -0.39 is 29.4 Å². The fourth-order valence-corrected chi connectivity index (χ4v) is 2.83. The van der Waals surface area contributed by atoms with Crippen LogP contribution < -0.4 is 4.74 Å². The first kappa shape index (κ1) is 20.4. The molecule has 7 heteroatoms. The normalized spacial score (nSPS) is 22.1. The van der Waals surface area contributed by atoms with Crippen molar-refractivity contribution in [2.24, 2.45) is 0 Å². The van der Waals surface area contributed by atoms with Crippen molar-refractivity contribution in [3.8, 4) is 16.9 Å². The molecular formula is C21H20F4O3. The maximum Gasteiger partial charge on any atom is 0.201 e. The van der Waals surface area contributed by atoms with Crippen LogP contribution >= 0.6 is 0 Å². The number of rotatable bonds is 6. The molecule has 150 valence electrons. The SMILES string of the molecule is C=CCOc1ccc(-c2ccc(C3OCC(F)(CC)CO3)cc2F)c(F)c1F. The summed E-state index contributed by atoms with van der Waals surface area (Å²) in [6.45, 7) is 4.80. The Morgan fingerprint density at radius 2 is 1.79 bits per heavy atom. The van der Waals surface area contributed by atoms with Gasteiger partial charge in [-0.15, -0.1) is 0 Å². The van der Waals surface area contributed by atoms with Crippen molar-refractivity contribution in [1.29, 1.82) is 0 Å². The molecule has 1 heterocycles. The molecule has 1 aliphatic rings. The Balaban J connectivity index is 1.83. The second-order valence-electron chi connectivity index (χ2n) is 6.54. The van der Waals surface area contributed by atoms with Crippen molar-refractivity contribution in [3.05, 3.63) is 66.0 Å². The highest BCUT2D eigenvalue weighted by Gasteiger charge is 2.36. The molecule has 0 saturated carbocycles. The molecule has 3 nitrogen and oxygen atoms in total. The second kappa shape index (κ2) is 8.32. The van der Waals surface area contributed by atoms with Crippen LogP contribution in [0.15, 0.2) is 43.0 Å². The molecule has 3 rings (SSSR count). The predicted molar refractivity (Wildman–Crippen MR) is 96.2 cm³/mol. The second-order valence-corrected chi connectivity index (χ2v) is 6.54. The van der Waals surface area contributed by atoms with E-state index in [-0.39, 0.29) is 43.1 Å². The van der Waals surface area contributed by atoms with Gasteiger partial charge in [0.25, 0.3) is 0 Å². The first-order valence-corrected chi connectivity index (χ1v) is 8.82. The van der Waals surface area contributed by atoms with Gasteiger partial charge in [-0.25, -0.2) is 13.2 Å². The summed E-state index contributed by atoms with van der Waals surface area (Å²) >= 11 is 0. The molecule has 0 bridgehead atoms. The zero-order chi connectivity index (χ0) is 20.3. The molecule has 28 heavy (non-hydrogen) atoms. The predicted octanol–water partition coefficient (Wildman–Crippen LogP) is 5.50. The Labute approximate surface area is 160 Å². The van der Waals surface area contributed by atoms with E-state index in [0.717, 1.165) is 6.07 Å². The molecule has 0 unspecified atom stereocenters. The van der Waals surface area contributed by atoms with E-state index in [9.17, 15) is 17.6 Å². The Hall–Kier alpha value is -2.38. The quantitative estimate of drug-likeness (QED) is 0.477. The molecule has 0 amide bonds. The third kappa shape index (κ3) is 4.05. The number of ether oxygens (including phenoxy) is 3. The van der Waals surface area contributed by atoms with Gasteiger partial charge in [0.1, 0.15) is 12.4 Å². The van der Waals surface area contributed by atoms with Gasteiger partial charge in [0.2, 0.25) is 5.82 Å². The third-order valence-corrected chi connectivity index (χ3v) is 4.58. The lowest BCUT2D eigenvalue weighted by molar-refractivity contribution is -0.238. The molecular weight excluding hydrogens is 376 g/mol. The van der Waals surface area contributed by atoms with Crippen LogP contribution in [0.3, 0.4) is 0 Å². The fourth-order valence-electron chi connectivity index (χ4n) is 2.83. The van der Waals surface area contributed by atoms with Gasteiger partial charge in [0.15, 0.2) is 23.5 Å². The summed E-state index contributed by atoms with van der Waals surface area (Å²) < 4.78 is 73.0. The van der Waals surface area contributed by atoms with Gasteiger partial charge in [0.05, 0.1) is 13.2 Å². The zero-order valence-corrected chi connectivity index (χ0v) is 15.3. The average Bonchev–Trinajstić information content (AvgIpc) is 2.70. The molecule has 0 atom stereocenters. The van der Waals surface area contributed by atoms with E-state index in [4.69, 9.17) is 14.2 Å². The van der Waals surface area contributed by atoms with Gasteiger partial charge in [-0.05, 0) is 24.6 Å². The first-order valence-electron chi connectivity index (χ1n) is 8.82. The van der Waals surface area contributed by atoms with Gasteiger partial charge in [0, 0.05) is 16.7 Å². The van der Waals surface area contributed by atoms with Crippen molar-refractivity contribution in [2.75, 3.05) is 19.8 Å². The summed E-state index contributed by atoms with van der Waals surface area (Å²) in [6.07, 6.45) is 0.715. The topological polar surface area (TPSA) is 27.7 Å².